The average molecular weight is 555 g/mol. The topological polar surface area (TPSA) is 105 Å². The zero-order valence-corrected chi connectivity index (χ0v) is 23.3. The fourth-order valence-corrected chi connectivity index (χ4v) is 4.05. The molecule has 0 aromatic heterocycles. The van der Waals surface area contributed by atoms with E-state index in [0.29, 0.717) is 37.9 Å². The predicted octanol–water partition coefficient (Wildman–Crippen LogP) is 2.85. The van der Waals surface area contributed by atoms with Crippen LogP contribution in [-0.2, 0) is 22.7 Å². The zero-order valence-electron chi connectivity index (χ0n) is 21.7. The van der Waals surface area contributed by atoms with Crippen LogP contribution in [0, 0.1) is 6.92 Å². The van der Waals surface area contributed by atoms with Gasteiger partial charge in [-0.3, -0.25) is 14.6 Å². The average Bonchev–Trinajstić information content (AvgIpc) is 3.25. The molecule has 0 bridgehead atoms. The summed E-state index contributed by atoms with van der Waals surface area (Å²) >= 11 is 0. The van der Waals surface area contributed by atoms with Crippen LogP contribution in [0.25, 0.3) is 0 Å². The Labute approximate surface area is 231 Å². The van der Waals surface area contributed by atoms with Crippen molar-refractivity contribution in [1.82, 2.24) is 20.7 Å². The summed E-state index contributed by atoms with van der Waals surface area (Å²) in [6.45, 7) is 8.13. The van der Waals surface area contributed by atoms with Crippen LogP contribution in [0.15, 0.2) is 42.5 Å². The van der Waals surface area contributed by atoms with Gasteiger partial charge < -0.3 is 20.6 Å². The van der Waals surface area contributed by atoms with Gasteiger partial charge in [0.15, 0.2) is 0 Å². The van der Waals surface area contributed by atoms with Gasteiger partial charge in [-0.15, -0.1) is 24.8 Å². The first-order valence-electron chi connectivity index (χ1n) is 11.8. The minimum Gasteiger partial charge on any atom is -0.478 e. The van der Waals surface area contributed by atoms with Gasteiger partial charge in [-0.2, -0.15) is 0 Å². The standard InChI is InChI=1S/C26H35N5O4.2ClH/c1-18(2)27-11-12-28-24(32)16-30(23-13-20(26(34)35)10-9-19(23)3)17-25(33)29(4)31-14-21-7-5-6-8-22(21)15-31;;/h5-10,13,18,27H,11-12,14-17H2,1-4H3,(H,28,32)(H,34,35);2*1H. The zero-order chi connectivity index (χ0) is 25.5. The Bertz CT molecular complexity index is 1060. The molecule has 1 aliphatic heterocycles. The van der Waals surface area contributed by atoms with E-state index in [2.05, 4.69) is 22.8 Å². The third-order valence-corrected chi connectivity index (χ3v) is 6.07. The van der Waals surface area contributed by atoms with Crippen molar-refractivity contribution < 1.29 is 19.5 Å². The van der Waals surface area contributed by atoms with Crippen LogP contribution in [-0.4, -0.2) is 72.2 Å². The second-order valence-electron chi connectivity index (χ2n) is 9.13. The number of halogens is 2. The second-order valence-corrected chi connectivity index (χ2v) is 9.13. The highest BCUT2D eigenvalue weighted by atomic mass is 35.5. The number of benzene rings is 2. The Kier molecular flexibility index (Phi) is 12.9. The molecule has 0 saturated carbocycles. The molecule has 3 rings (SSSR count). The number of likely N-dealkylation sites (N-methyl/N-ethyl adjacent to an activating group) is 1. The number of carboxylic acid groups (broad SMARTS) is 1. The van der Waals surface area contributed by atoms with Crippen LogP contribution in [0.4, 0.5) is 5.69 Å². The van der Waals surface area contributed by atoms with E-state index in [-0.39, 0.29) is 55.3 Å². The van der Waals surface area contributed by atoms with Gasteiger partial charge in [0, 0.05) is 45.0 Å². The molecule has 11 heteroatoms. The third-order valence-electron chi connectivity index (χ3n) is 6.07. The molecular weight excluding hydrogens is 517 g/mol. The highest BCUT2D eigenvalue weighted by Crippen LogP contribution is 2.25. The Hall–Kier alpha value is -2.85. The van der Waals surface area contributed by atoms with Crippen LogP contribution >= 0.6 is 24.8 Å². The van der Waals surface area contributed by atoms with Gasteiger partial charge in [0.05, 0.1) is 18.7 Å². The van der Waals surface area contributed by atoms with Crippen molar-refractivity contribution in [2.75, 3.05) is 38.1 Å². The number of carbonyl (C=O) groups excluding carboxylic acids is 2. The van der Waals surface area contributed by atoms with Crippen LogP contribution in [0.5, 0.6) is 0 Å². The van der Waals surface area contributed by atoms with Crippen LogP contribution in [0.1, 0.15) is 40.9 Å². The molecule has 1 aliphatic rings. The Balaban J connectivity index is 0.00000342. The van der Waals surface area contributed by atoms with Gasteiger partial charge in [-0.25, -0.2) is 9.80 Å². The molecule has 1 heterocycles. The van der Waals surface area contributed by atoms with E-state index in [9.17, 15) is 19.5 Å². The third kappa shape index (κ3) is 8.89. The molecule has 204 valence electrons. The molecule has 2 aromatic rings. The molecule has 0 radical (unpaired) electrons. The number of carboxylic acids is 1. The number of fused-ring (bicyclic) bond motifs is 1. The van der Waals surface area contributed by atoms with Gasteiger partial charge in [-0.05, 0) is 35.7 Å². The lowest BCUT2D eigenvalue weighted by Crippen LogP contribution is -2.48. The molecule has 9 nitrogen and oxygen atoms in total. The summed E-state index contributed by atoms with van der Waals surface area (Å²) in [5.74, 6) is -1.49. The number of nitrogens with zero attached hydrogens (tertiary/aromatic N) is 3. The van der Waals surface area contributed by atoms with E-state index in [4.69, 9.17) is 0 Å². The molecule has 0 fully saturated rings. The summed E-state index contributed by atoms with van der Waals surface area (Å²) in [4.78, 5) is 39.2. The van der Waals surface area contributed by atoms with Crippen molar-refractivity contribution in [3.05, 3.63) is 64.7 Å². The van der Waals surface area contributed by atoms with Gasteiger partial charge in [0.2, 0.25) is 5.91 Å². The fraction of sp³-hybridized carbons (Fsp3) is 0.423. The van der Waals surface area contributed by atoms with E-state index in [1.807, 2.05) is 37.9 Å². The summed E-state index contributed by atoms with van der Waals surface area (Å²) in [5, 5.41) is 19.1. The van der Waals surface area contributed by atoms with Crippen molar-refractivity contribution in [2.24, 2.45) is 0 Å². The normalized spacial score (nSPS) is 12.2. The Morgan fingerprint density at radius 1 is 1.00 bits per heavy atom. The molecule has 37 heavy (non-hydrogen) atoms. The number of aromatic carboxylic acids is 1. The van der Waals surface area contributed by atoms with Crippen LogP contribution in [0.2, 0.25) is 0 Å². The number of rotatable bonds is 11. The number of hydrazine groups is 1. The highest BCUT2D eigenvalue weighted by Gasteiger charge is 2.27. The first-order chi connectivity index (χ1) is 16.7. The van der Waals surface area contributed by atoms with Crippen molar-refractivity contribution in [2.45, 2.75) is 39.9 Å². The molecule has 0 aliphatic carbocycles. The summed E-state index contributed by atoms with van der Waals surface area (Å²) in [6, 6.07) is 13.1. The summed E-state index contributed by atoms with van der Waals surface area (Å²) in [7, 11) is 1.73. The van der Waals surface area contributed by atoms with Crippen molar-refractivity contribution >= 4 is 48.3 Å². The summed E-state index contributed by atoms with van der Waals surface area (Å²) in [6.07, 6.45) is 0. The molecule has 2 amide bonds. The van der Waals surface area contributed by atoms with Crippen LogP contribution in [0.3, 0.4) is 0 Å². The van der Waals surface area contributed by atoms with E-state index in [0.717, 1.165) is 5.56 Å². The molecule has 0 spiro atoms. The predicted molar refractivity (Wildman–Crippen MR) is 149 cm³/mol. The smallest absolute Gasteiger partial charge is 0.335 e. The number of nitrogens with one attached hydrogen (secondary N) is 2. The van der Waals surface area contributed by atoms with Crippen molar-refractivity contribution in [3.63, 3.8) is 0 Å². The first kappa shape index (κ1) is 32.2. The minimum atomic E-state index is -1.06. The van der Waals surface area contributed by atoms with Crippen molar-refractivity contribution in [1.29, 1.82) is 0 Å². The summed E-state index contributed by atoms with van der Waals surface area (Å²) < 4.78 is 0. The van der Waals surface area contributed by atoms with E-state index in [1.165, 1.54) is 23.3 Å². The van der Waals surface area contributed by atoms with Crippen molar-refractivity contribution in [3.8, 4) is 0 Å². The maximum Gasteiger partial charge on any atom is 0.335 e. The van der Waals surface area contributed by atoms with Gasteiger partial charge >= 0.3 is 5.97 Å². The second kappa shape index (κ2) is 14.8. The van der Waals surface area contributed by atoms with Gasteiger partial charge in [0.25, 0.3) is 5.91 Å². The quantitative estimate of drug-likeness (QED) is 0.367. The van der Waals surface area contributed by atoms with E-state index >= 15 is 0 Å². The maximum atomic E-state index is 13.3. The molecular formula is C26H37Cl2N5O4. The largest absolute Gasteiger partial charge is 0.478 e. The number of amides is 2. The summed E-state index contributed by atoms with van der Waals surface area (Å²) in [5.41, 5.74) is 3.81. The van der Waals surface area contributed by atoms with Gasteiger partial charge in [-0.1, -0.05) is 44.2 Å². The maximum absolute atomic E-state index is 13.3. The number of hydrogen-bond acceptors (Lipinski definition) is 6. The lowest BCUT2D eigenvalue weighted by molar-refractivity contribution is -0.145. The first-order valence-corrected chi connectivity index (χ1v) is 11.8. The number of carbonyl (C=O) groups is 3. The van der Waals surface area contributed by atoms with E-state index < -0.39 is 5.97 Å². The molecule has 0 unspecified atom stereocenters. The Morgan fingerprint density at radius 3 is 2.19 bits per heavy atom. The lowest BCUT2D eigenvalue weighted by Gasteiger charge is -2.32. The highest BCUT2D eigenvalue weighted by molar-refractivity contribution is 5.91. The minimum absolute atomic E-state index is 0. The SMILES string of the molecule is Cc1ccc(C(=O)O)cc1N(CC(=O)NCCNC(C)C)CC(=O)N(C)N1Cc2ccccc2C1.Cl.Cl. The monoisotopic (exact) mass is 553 g/mol. The molecule has 0 atom stereocenters. The van der Waals surface area contributed by atoms with E-state index in [1.54, 1.807) is 23.0 Å². The number of anilines is 1. The Morgan fingerprint density at radius 2 is 1.62 bits per heavy atom. The molecule has 0 saturated heterocycles. The fourth-order valence-electron chi connectivity index (χ4n) is 4.05. The lowest BCUT2D eigenvalue weighted by atomic mass is 10.1. The van der Waals surface area contributed by atoms with Gasteiger partial charge in [0.1, 0.15) is 0 Å². The number of aryl methyl sites for hydroxylation is 1. The number of hydrogen-bond donors (Lipinski definition) is 3. The molecule has 2 aromatic carbocycles. The van der Waals surface area contributed by atoms with Crippen LogP contribution < -0.4 is 15.5 Å². The molecule has 3 N–H and O–H groups in total.